The third-order valence-electron chi connectivity index (χ3n) is 5.57. The highest BCUT2D eigenvalue weighted by Crippen LogP contribution is 2.39. The summed E-state index contributed by atoms with van der Waals surface area (Å²) in [6, 6.07) is 5.60. The molecule has 2 aliphatic carbocycles. The number of hydrogen-bond acceptors (Lipinski definition) is 3. The van der Waals surface area contributed by atoms with Gasteiger partial charge in [-0.2, -0.15) is 0 Å². The lowest BCUT2D eigenvalue weighted by Gasteiger charge is -2.35. The molecule has 1 aromatic carbocycles. The van der Waals surface area contributed by atoms with Crippen molar-refractivity contribution in [2.75, 3.05) is 6.54 Å². The van der Waals surface area contributed by atoms with Gasteiger partial charge in [0.05, 0.1) is 16.8 Å². The van der Waals surface area contributed by atoms with Crippen molar-refractivity contribution in [2.45, 2.75) is 44.2 Å². The summed E-state index contributed by atoms with van der Waals surface area (Å²) in [5, 5.41) is 2.58. The number of fused-ring (bicyclic) bond motifs is 1. The predicted octanol–water partition coefficient (Wildman–Crippen LogP) is 4.58. The van der Waals surface area contributed by atoms with E-state index in [4.69, 9.17) is 0 Å². The van der Waals surface area contributed by atoms with Gasteiger partial charge in [-0.1, -0.05) is 12.1 Å². The van der Waals surface area contributed by atoms with E-state index in [9.17, 15) is 9.18 Å². The van der Waals surface area contributed by atoms with Gasteiger partial charge in [-0.3, -0.25) is 9.79 Å². The van der Waals surface area contributed by atoms with E-state index in [2.05, 4.69) is 9.89 Å². The van der Waals surface area contributed by atoms with Crippen molar-refractivity contribution in [3.8, 4) is 0 Å². The second-order valence-corrected chi connectivity index (χ2v) is 8.08. The average Bonchev–Trinajstić information content (AvgIpc) is 3.17. The zero-order chi connectivity index (χ0) is 17.0. The van der Waals surface area contributed by atoms with E-state index < -0.39 is 0 Å². The monoisotopic (exact) mass is 354 g/mol. The SMILES string of the molecule is O=C(c1csc2c(F)cccc12)N(C1CC1)C1CCC2=C(C=NC2)C1. The van der Waals surface area contributed by atoms with Gasteiger partial charge in [-0.25, -0.2) is 4.39 Å². The quantitative estimate of drug-likeness (QED) is 0.794. The van der Waals surface area contributed by atoms with Gasteiger partial charge in [0.2, 0.25) is 0 Å². The molecule has 1 saturated carbocycles. The molecule has 1 fully saturated rings. The number of carbonyl (C=O) groups is 1. The maximum Gasteiger partial charge on any atom is 0.255 e. The highest BCUT2D eigenvalue weighted by molar-refractivity contribution is 7.17. The molecular weight excluding hydrogens is 335 g/mol. The van der Waals surface area contributed by atoms with Gasteiger partial charge in [0.1, 0.15) is 5.82 Å². The molecule has 1 aliphatic heterocycles. The molecule has 0 saturated heterocycles. The van der Waals surface area contributed by atoms with Gasteiger partial charge in [0, 0.05) is 29.1 Å². The third kappa shape index (κ3) is 2.53. The van der Waals surface area contributed by atoms with Crippen LogP contribution in [0.1, 0.15) is 42.5 Å². The van der Waals surface area contributed by atoms with E-state index in [0.717, 1.165) is 44.0 Å². The number of aliphatic imine (C=N–C) groups is 1. The zero-order valence-corrected chi connectivity index (χ0v) is 14.7. The molecule has 5 rings (SSSR count). The van der Waals surface area contributed by atoms with Crippen molar-refractivity contribution in [3.63, 3.8) is 0 Å². The summed E-state index contributed by atoms with van der Waals surface area (Å²) in [4.78, 5) is 19.8. The van der Waals surface area contributed by atoms with Gasteiger partial charge < -0.3 is 4.90 Å². The Hall–Kier alpha value is -2.01. The van der Waals surface area contributed by atoms with Crippen molar-refractivity contribution in [3.05, 3.63) is 46.1 Å². The standard InChI is InChI=1S/C20H19FN2OS/c21-18-3-1-2-16-17(11-25-19(16)18)20(24)23(14-6-7-14)15-5-4-12-9-22-10-13(12)8-15/h1-3,10-11,14-15H,4-9H2. The molecular formula is C20H19FN2OS. The number of carbonyl (C=O) groups excluding carboxylic acids is 1. The molecule has 3 aliphatic rings. The Morgan fingerprint density at radius 2 is 2.12 bits per heavy atom. The average molecular weight is 354 g/mol. The first kappa shape index (κ1) is 15.3. The van der Waals surface area contributed by atoms with Crippen LogP contribution in [0.4, 0.5) is 4.39 Å². The van der Waals surface area contributed by atoms with E-state index in [1.165, 1.54) is 28.5 Å². The molecule has 2 heterocycles. The number of benzene rings is 1. The Kier molecular flexibility index (Phi) is 3.52. The first-order valence-corrected chi connectivity index (χ1v) is 9.79. The van der Waals surface area contributed by atoms with Crippen LogP contribution in [0, 0.1) is 5.82 Å². The van der Waals surface area contributed by atoms with E-state index >= 15 is 0 Å². The Bertz CT molecular complexity index is 925. The molecule has 1 unspecified atom stereocenters. The number of amides is 1. The van der Waals surface area contributed by atoms with E-state index in [0.29, 0.717) is 16.3 Å². The number of thiophene rings is 1. The second-order valence-electron chi connectivity index (χ2n) is 7.20. The van der Waals surface area contributed by atoms with Gasteiger partial charge >= 0.3 is 0 Å². The molecule has 2 aromatic rings. The van der Waals surface area contributed by atoms with Gasteiger partial charge in [0.25, 0.3) is 5.91 Å². The summed E-state index contributed by atoms with van der Waals surface area (Å²) in [5.74, 6) is -0.169. The smallest absolute Gasteiger partial charge is 0.255 e. The summed E-state index contributed by atoms with van der Waals surface area (Å²) in [6.07, 6.45) is 7.12. The minimum absolute atomic E-state index is 0.0725. The second kappa shape index (κ2) is 5.77. The minimum Gasteiger partial charge on any atom is -0.332 e. The molecule has 3 nitrogen and oxygen atoms in total. The van der Waals surface area contributed by atoms with Crippen LogP contribution in [0.3, 0.4) is 0 Å². The van der Waals surface area contributed by atoms with Gasteiger partial charge in [-0.05, 0) is 49.3 Å². The third-order valence-corrected chi connectivity index (χ3v) is 6.57. The molecule has 128 valence electrons. The Morgan fingerprint density at radius 3 is 2.96 bits per heavy atom. The fourth-order valence-electron chi connectivity index (χ4n) is 4.14. The Labute approximate surface area is 149 Å². The maximum atomic E-state index is 14.0. The molecule has 1 amide bonds. The topological polar surface area (TPSA) is 32.7 Å². The molecule has 0 N–H and O–H groups in total. The first-order valence-electron chi connectivity index (χ1n) is 8.91. The van der Waals surface area contributed by atoms with Crippen molar-refractivity contribution in [2.24, 2.45) is 4.99 Å². The molecule has 25 heavy (non-hydrogen) atoms. The zero-order valence-electron chi connectivity index (χ0n) is 13.9. The summed E-state index contributed by atoms with van der Waals surface area (Å²) >= 11 is 1.33. The number of nitrogens with zero attached hydrogens (tertiary/aromatic N) is 2. The van der Waals surface area contributed by atoms with Crippen LogP contribution >= 0.6 is 11.3 Å². The van der Waals surface area contributed by atoms with E-state index in [1.807, 2.05) is 17.7 Å². The fraction of sp³-hybridized carbons (Fsp3) is 0.400. The summed E-state index contributed by atoms with van der Waals surface area (Å²) in [6.45, 7) is 0.841. The van der Waals surface area contributed by atoms with Crippen LogP contribution < -0.4 is 0 Å². The normalized spacial score (nSPS) is 22.5. The Balaban J connectivity index is 1.49. The summed E-state index contributed by atoms with van der Waals surface area (Å²) < 4.78 is 14.6. The van der Waals surface area contributed by atoms with Crippen molar-refractivity contribution >= 4 is 33.5 Å². The van der Waals surface area contributed by atoms with Crippen LogP contribution in [0.25, 0.3) is 10.1 Å². The number of hydrogen-bond donors (Lipinski definition) is 0. The number of halogens is 1. The van der Waals surface area contributed by atoms with Gasteiger partial charge in [0.15, 0.2) is 0 Å². The molecule has 5 heteroatoms. The van der Waals surface area contributed by atoms with E-state index in [-0.39, 0.29) is 17.8 Å². The largest absolute Gasteiger partial charge is 0.332 e. The maximum absolute atomic E-state index is 14.0. The van der Waals surface area contributed by atoms with E-state index in [1.54, 1.807) is 6.07 Å². The molecule has 1 aromatic heterocycles. The van der Waals surface area contributed by atoms with Crippen molar-refractivity contribution in [1.29, 1.82) is 0 Å². The Morgan fingerprint density at radius 1 is 1.24 bits per heavy atom. The summed E-state index contributed by atoms with van der Waals surface area (Å²) in [5.41, 5.74) is 3.43. The lowest BCUT2D eigenvalue weighted by Crippen LogP contribution is -2.43. The summed E-state index contributed by atoms with van der Waals surface area (Å²) in [7, 11) is 0. The molecule has 0 bridgehead atoms. The van der Waals surface area contributed by atoms with Crippen LogP contribution in [-0.2, 0) is 0 Å². The molecule has 0 radical (unpaired) electrons. The number of rotatable bonds is 3. The van der Waals surface area contributed by atoms with Crippen molar-refractivity contribution < 1.29 is 9.18 Å². The minimum atomic E-state index is -0.242. The van der Waals surface area contributed by atoms with Crippen LogP contribution in [0.15, 0.2) is 39.7 Å². The molecule has 0 spiro atoms. The predicted molar refractivity (Wildman–Crippen MR) is 99.0 cm³/mol. The molecule has 1 atom stereocenters. The van der Waals surface area contributed by atoms with Crippen LogP contribution in [0.5, 0.6) is 0 Å². The fourth-order valence-corrected chi connectivity index (χ4v) is 5.09. The highest BCUT2D eigenvalue weighted by Gasteiger charge is 2.40. The highest BCUT2D eigenvalue weighted by atomic mass is 32.1. The van der Waals surface area contributed by atoms with Crippen LogP contribution in [-0.4, -0.2) is 35.7 Å². The van der Waals surface area contributed by atoms with Gasteiger partial charge in [-0.15, -0.1) is 11.3 Å². The lowest BCUT2D eigenvalue weighted by molar-refractivity contribution is 0.0648. The van der Waals surface area contributed by atoms with Crippen LogP contribution in [0.2, 0.25) is 0 Å². The van der Waals surface area contributed by atoms with Crippen molar-refractivity contribution in [1.82, 2.24) is 4.90 Å². The first-order chi connectivity index (χ1) is 12.2. The lowest BCUT2D eigenvalue weighted by atomic mass is 9.88.